The van der Waals surface area contributed by atoms with Crippen molar-refractivity contribution in [3.63, 3.8) is 0 Å². The van der Waals surface area contributed by atoms with Gasteiger partial charge in [0.15, 0.2) is 0 Å². The van der Waals surface area contributed by atoms with E-state index in [4.69, 9.17) is 0 Å². The average molecular weight is 399 g/mol. The molecule has 5 saturated carbocycles. The molecule has 5 aliphatic carbocycles. The van der Waals surface area contributed by atoms with E-state index in [9.17, 15) is 0 Å². The number of fused-ring (bicyclic) bond motifs is 7. The first-order chi connectivity index (χ1) is 13.5. The number of rotatable bonds is 1. The normalized spacial score (nSPS) is 58.7. The van der Waals surface area contributed by atoms with Crippen LogP contribution in [0.1, 0.15) is 126 Å². The van der Waals surface area contributed by atoms with E-state index in [0.717, 1.165) is 29.6 Å². The van der Waals surface area contributed by atoms with Crippen LogP contribution >= 0.6 is 0 Å². The second-order valence-corrected chi connectivity index (χ2v) is 14.3. The minimum Gasteiger partial charge on any atom is -0.0651 e. The van der Waals surface area contributed by atoms with Crippen molar-refractivity contribution in [3.8, 4) is 0 Å². The largest absolute Gasteiger partial charge is 0.0651 e. The molecular formula is C29H50. The van der Waals surface area contributed by atoms with E-state index in [1.54, 1.807) is 12.8 Å². The van der Waals surface area contributed by atoms with Crippen LogP contribution < -0.4 is 0 Å². The van der Waals surface area contributed by atoms with Crippen LogP contribution in [0.25, 0.3) is 0 Å². The molecule has 29 heavy (non-hydrogen) atoms. The fourth-order valence-corrected chi connectivity index (χ4v) is 11.9. The Hall–Kier alpha value is 0. The van der Waals surface area contributed by atoms with Crippen molar-refractivity contribution in [2.75, 3.05) is 0 Å². The Morgan fingerprint density at radius 2 is 1.21 bits per heavy atom. The van der Waals surface area contributed by atoms with Crippen LogP contribution in [-0.2, 0) is 0 Å². The van der Waals surface area contributed by atoms with Gasteiger partial charge in [-0.05, 0) is 121 Å². The molecule has 9 atom stereocenters. The molecule has 0 nitrogen and oxygen atoms in total. The molecule has 0 heterocycles. The minimum atomic E-state index is 0.565. The molecule has 0 aliphatic heterocycles. The van der Waals surface area contributed by atoms with Crippen molar-refractivity contribution in [2.24, 2.45) is 56.7 Å². The van der Waals surface area contributed by atoms with Gasteiger partial charge in [-0.2, -0.15) is 0 Å². The second kappa shape index (κ2) is 6.28. The maximum absolute atomic E-state index is 2.81. The van der Waals surface area contributed by atoms with E-state index in [0.29, 0.717) is 27.1 Å². The van der Waals surface area contributed by atoms with Gasteiger partial charge in [0.25, 0.3) is 0 Å². The van der Waals surface area contributed by atoms with Crippen molar-refractivity contribution in [3.05, 3.63) is 0 Å². The summed E-state index contributed by atoms with van der Waals surface area (Å²) in [6.45, 7) is 18.8. The van der Waals surface area contributed by atoms with Gasteiger partial charge in [0.1, 0.15) is 0 Å². The molecule has 0 aromatic rings. The molecule has 0 unspecified atom stereocenters. The van der Waals surface area contributed by atoms with Gasteiger partial charge >= 0.3 is 0 Å². The van der Waals surface area contributed by atoms with Crippen molar-refractivity contribution in [2.45, 2.75) is 126 Å². The third-order valence-electron chi connectivity index (χ3n) is 13.4. The summed E-state index contributed by atoms with van der Waals surface area (Å²) in [6.07, 6.45) is 18.1. The quantitative estimate of drug-likeness (QED) is 0.413. The first-order valence-corrected chi connectivity index (χ1v) is 13.5. The summed E-state index contributed by atoms with van der Waals surface area (Å²) in [5.74, 6) is 4.99. The summed E-state index contributed by atoms with van der Waals surface area (Å²) in [6, 6.07) is 0. The van der Waals surface area contributed by atoms with Crippen molar-refractivity contribution < 1.29 is 0 Å². The van der Waals surface area contributed by atoms with E-state index in [1.165, 1.54) is 64.2 Å². The Labute approximate surface area is 182 Å². The first-order valence-electron chi connectivity index (χ1n) is 13.5. The van der Waals surface area contributed by atoms with Crippen LogP contribution in [0.15, 0.2) is 0 Å². The van der Waals surface area contributed by atoms with Gasteiger partial charge in [-0.25, -0.2) is 0 Å². The fourth-order valence-electron chi connectivity index (χ4n) is 11.9. The van der Waals surface area contributed by atoms with E-state index in [-0.39, 0.29) is 0 Å². The Kier molecular flexibility index (Phi) is 4.52. The van der Waals surface area contributed by atoms with Gasteiger partial charge < -0.3 is 0 Å². The maximum Gasteiger partial charge on any atom is -0.0235 e. The number of hydrogen-bond acceptors (Lipinski definition) is 0. The Morgan fingerprint density at radius 3 is 1.86 bits per heavy atom. The lowest BCUT2D eigenvalue weighted by Crippen LogP contribution is -2.65. The molecule has 5 fully saturated rings. The molecule has 166 valence electrons. The molecule has 0 spiro atoms. The highest BCUT2D eigenvalue weighted by molar-refractivity contribution is 5.18. The van der Waals surface area contributed by atoms with Crippen LogP contribution in [0.2, 0.25) is 0 Å². The van der Waals surface area contributed by atoms with Crippen LogP contribution in [0, 0.1) is 56.7 Å². The van der Waals surface area contributed by atoms with E-state index in [1.807, 2.05) is 0 Å². The average Bonchev–Trinajstić information content (AvgIpc) is 2.98. The predicted molar refractivity (Wildman–Crippen MR) is 125 cm³/mol. The highest BCUT2D eigenvalue weighted by Gasteiger charge is 2.69. The molecule has 0 saturated heterocycles. The van der Waals surface area contributed by atoms with E-state index < -0.39 is 0 Å². The highest BCUT2D eigenvalue weighted by Crippen LogP contribution is 2.77. The lowest BCUT2D eigenvalue weighted by molar-refractivity contribution is -0.241. The predicted octanol–water partition coefficient (Wildman–Crippen LogP) is 8.89. The molecule has 0 amide bonds. The molecule has 0 bridgehead atoms. The smallest absolute Gasteiger partial charge is 0.0235 e. The SMILES string of the molecule is CC[C@H]1CC[C@]2(C)[C@H]3CC[C@@H]4[C@@]5(C)CCCC(C)(C)[C@H]5CC[C@@]4(C)[C@]3(C)CC[C@@H]12. The summed E-state index contributed by atoms with van der Waals surface area (Å²) >= 11 is 0. The zero-order valence-corrected chi connectivity index (χ0v) is 20.9. The lowest BCUT2D eigenvalue weighted by Gasteiger charge is -2.73. The zero-order chi connectivity index (χ0) is 20.9. The van der Waals surface area contributed by atoms with Crippen LogP contribution in [0.4, 0.5) is 0 Å². The lowest BCUT2D eigenvalue weighted by atomic mass is 9.32. The Balaban J connectivity index is 1.53. The Bertz CT molecular complexity index is 661. The fraction of sp³-hybridized carbons (Fsp3) is 1.00. The number of hydrogen-bond donors (Lipinski definition) is 0. The summed E-state index contributed by atoms with van der Waals surface area (Å²) < 4.78 is 0. The van der Waals surface area contributed by atoms with Crippen LogP contribution in [-0.4, -0.2) is 0 Å². The third kappa shape index (κ3) is 2.44. The molecule has 5 rings (SSSR count). The van der Waals surface area contributed by atoms with Crippen LogP contribution in [0.3, 0.4) is 0 Å². The first kappa shape index (κ1) is 20.9. The molecule has 0 aromatic carbocycles. The monoisotopic (exact) mass is 398 g/mol. The molecule has 0 radical (unpaired) electrons. The van der Waals surface area contributed by atoms with Gasteiger partial charge in [0.2, 0.25) is 0 Å². The molecular weight excluding hydrogens is 348 g/mol. The van der Waals surface area contributed by atoms with E-state index in [2.05, 4.69) is 48.5 Å². The maximum atomic E-state index is 2.81. The van der Waals surface area contributed by atoms with Crippen molar-refractivity contribution in [1.29, 1.82) is 0 Å². The van der Waals surface area contributed by atoms with Gasteiger partial charge in [0, 0.05) is 0 Å². The summed E-state index contributed by atoms with van der Waals surface area (Å²) in [4.78, 5) is 0. The van der Waals surface area contributed by atoms with Gasteiger partial charge in [-0.3, -0.25) is 0 Å². The summed E-state index contributed by atoms with van der Waals surface area (Å²) in [5, 5.41) is 0. The molecule has 0 heteroatoms. The molecule has 0 N–H and O–H groups in total. The summed E-state index contributed by atoms with van der Waals surface area (Å²) in [5.41, 5.74) is 2.97. The van der Waals surface area contributed by atoms with Crippen LogP contribution in [0.5, 0.6) is 0 Å². The summed E-state index contributed by atoms with van der Waals surface area (Å²) in [7, 11) is 0. The topological polar surface area (TPSA) is 0 Å². The molecule has 0 aromatic heterocycles. The van der Waals surface area contributed by atoms with Gasteiger partial charge in [0.05, 0.1) is 0 Å². The van der Waals surface area contributed by atoms with Crippen molar-refractivity contribution >= 4 is 0 Å². The van der Waals surface area contributed by atoms with Gasteiger partial charge in [-0.15, -0.1) is 0 Å². The molecule has 5 aliphatic rings. The van der Waals surface area contributed by atoms with Gasteiger partial charge in [-0.1, -0.05) is 61.3 Å². The second-order valence-electron chi connectivity index (χ2n) is 14.3. The highest BCUT2D eigenvalue weighted by atomic mass is 14.7. The zero-order valence-electron chi connectivity index (χ0n) is 20.9. The van der Waals surface area contributed by atoms with Crippen molar-refractivity contribution in [1.82, 2.24) is 0 Å². The standard InChI is InChI=1S/C29H50/c1-8-20-12-17-26(4)21(20)13-18-28(6)23(26)10-11-24-27(5)16-9-15-25(2,3)22(27)14-19-29(24,28)7/h20-24H,8-19H2,1-7H3/t20-,21-,22+,23+,24+,26-,27-,28+,29+/m0/s1. The Morgan fingerprint density at radius 1 is 0.586 bits per heavy atom. The minimum absolute atomic E-state index is 0.565. The van der Waals surface area contributed by atoms with E-state index >= 15 is 0 Å². The third-order valence-corrected chi connectivity index (χ3v) is 13.4.